The molecular formula is C16H22ClN3. The van der Waals surface area contributed by atoms with Crippen LogP contribution in [0.25, 0.3) is 0 Å². The number of aromatic nitrogens is 2. The van der Waals surface area contributed by atoms with E-state index in [1.807, 2.05) is 17.8 Å². The van der Waals surface area contributed by atoms with E-state index in [4.69, 9.17) is 11.6 Å². The second kappa shape index (κ2) is 6.91. The van der Waals surface area contributed by atoms with E-state index in [0.717, 1.165) is 30.1 Å². The molecule has 0 bridgehead atoms. The minimum atomic E-state index is 0.135. The van der Waals surface area contributed by atoms with Crippen molar-refractivity contribution in [1.29, 1.82) is 0 Å². The highest BCUT2D eigenvalue weighted by Crippen LogP contribution is 2.26. The largest absolute Gasteiger partial charge is 0.305 e. The Labute approximate surface area is 126 Å². The summed E-state index contributed by atoms with van der Waals surface area (Å²) < 4.78 is 2.03. The average Bonchev–Trinajstić information content (AvgIpc) is 2.91. The van der Waals surface area contributed by atoms with Crippen molar-refractivity contribution in [2.45, 2.75) is 39.8 Å². The van der Waals surface area contributed by atoms with Gasteiger partial charge in [-0.1, -0.05) is 30.7 Å². The first kappa shape index (κ1) is 15.1. The monoisotopic (exact) mass is 291 g/mol. The number of nitrogens with zero attached hydrogens (tertiary/aromatic N) is 2. The van der Waals surface area contributed by atoms with Gasteiger partial charge in [0.15, 0.2) is 0 Å². The van der Waals surface area contributed by atoms with Crippen LogP contribution in [-0.4, -0.2) is 16.3 Å². The maximum absolute atomic E-state index is 6.28. The van der Waals surface area contributed by atoms with Gasteiger partial charge in [0, 0.05) is 17.8 Å². The number of rotatable bonds is 6. The molecule has 3 nitrogen and oxygen atoms in total. The van der Waals surface area contributed by atoms with Gasteiger partial charge >= 0.3 is 0 Å². The standard InChI is InChI=1S/C16H22ClN3/c1-4-9-18-16(15-8-10-19-20(15)5-2)13-7-6-12(3)14(17)11-13/h6-8,10-11,16,18H,4-5,9H2,1-3H3. The Bertz CT molecular complexity index is 563. The molecule has 0 amide bonds. The molecule has 1 unspecified atom stereocenters. The third kappa shape index (κ3) is 3.22. The minimum absolute atomic E-state index is 0.135. The maximum Gasteiger partial charge on any atom is 0.0748 e. The van der Waals surface area contributed by atoms with Crippen LogP contribution in [0.2, 0.25) is 5.02 Å². The molecule has 108 valence electrons. The van der Waals surface area contributed by atoms with E-state index in [2.05, 4.69) is 48.5 Å². The van der Waals surface area contributed by atoms with E-state index in [1.165, 1.54) is 11.3 Å². The molecule has 1 aromatic heterocycles. The Morgan fingerprint density at radius 1 is 1.30 bits per heavy atom. The van der Waals surface area contributed by atoms with Crippen LogP contribution < -0.4 is 5.32 Å². The van der Waals surface area contributed by atoms with Crippen molar-refractivity contribution in [2.75, 3.05) is 6.54 Å². The van der Waals surface area contributed by atoms with E-state index >= 15 is 0 Å². The SMILES string of the molecule is CCCNC(c1ccc(C)c(Cl)c1)c1ccnn1CC. The van der Waals surface area contributed by atoms with Crippen LogP contribution in [0.5, 0.6) is 0 Å². The van der Waals surface area contributed by atoms with E-state index in [9.17, 15) is 0 Å². The molecule has 4 heteroatoms. The predicted molar refractivity (Wildman–Crippen MR) is 84.2 cm³/mol. The highest BCUT2D eigenvalue weighted by Gasteiger charge is 2.17. The molecule has 0 saturated carbocycles. The summed E-state index contributed by atoms with van der Waals surface area (Å²) in [6.45, 7) is 8.13. The van der Waals surface area contributed by atoms with Gasteiger partial charge in [-0.05, 0) is 50.1 Å². The molecule has 2 rings (SSSR count). The number of hydrogen-bond acceptors (Lipinski definition) is 2. The third-order valence-corrected chi connectivity index (χ3v) is 3.88. The zero-order valence-electron chi connectivity index (χ0n) is 12.4. The Balaban J connectivity index is 2.38. The molecule has 0 radical (unpaired) electrons. The highest BCUT2D eigenvalue weighted by atomic mass is 35.5. The lowest BCUT2D eigenvalue weighted by Gasteiger charge is -2.20. The lowest BCUT2D eigenvalue weighted by molar-refractivity contribution is 0.530. The molecule has 1 heterocycles. The molecule has 1 atom stereocenters. The van der Waals surface area contributed by atoms with Crippen LogP contribution in [0.3, 0.4) is 0 Å². The van der Waals surface area contributed by atoms with Crippen molar-refractivity contribution < 1.29 is 0 Å². The van der Waals surface area contributed by atoms with Crippen LogP contribution in [0.1, 0.15) is 43.1 Å². The lowest BCUT2D eigenvalue weighted by Crippen LogP contribution is -2.25. The van der Waals surface area contributed by atoms with Crippen LogP contribution in [0.4, 0.5) is 0 Å². The van der Waals surface area contributed by atoms with Gasteiger partial charge in [0.25, 0.3) is 0 Å². The fourth-order valence-corrected chi connectivity index (χ4v) is 2.51. The Morgan fingerprint density at radius 2 is 2.10 bits per heavy atom. The second-order valence-corrected chi connectivity index (χ2v) is 5.37. The number of halogens is 1. The van der Waals surface area contributed by atoms with E-state index in [1.54, 1.807) is 0 Å². The molecule has 0 aliphatic heterocycles. The smallest absolute Gasteiger partial charge is 0.0748 e. The van der Waals surface area contributed by atoms with Gasteiger partial charge < -0.3 is 5.32 Å². The summed E-state index contributed by atoms with van der Waals surface area (Å²) in [6.07, 6.45) is 2.95. The summed E-state index contributed by atoms with van der Waals surface area (Å²) in [4.78, 5) is 0. The average molecular weight is 292 g/mol. The minimum Gasteiger partial charge on any atom is -0.305 e. The quantitative estimate of drug-likeness (QED) is 0.873. The topological polar surface area (TPSA) is 29.9 Å². The summed E-state index contributed by atoms with van der Waals surface area (Å²) in [5.74, 6) is 0. The van der Waals surface area contributed by atoms with Crippen LogP contribution in [0, 0.1) is 6.92 Å². The Morgan fingerprint density at radius 3 is 2.75 bits per heavy atom. The zero-order valence-corrected chi connectivity index (χ0v) is 13.1. The molecule has 1 aromatic carbocycles. The normalized spacial score (nSPS) is 12.6. The fraction of sp³-hybridized carbons (Fsp3) is 0.438. The van der Waals surface area contributed by atoms with Gasteiger partial charge in [0.1, 0.15) is 0 Å². The van der Waals surface area contributed by atoms with Crippen molar-refractivity contribution in [3.8, 4) is 0 Å². The second-order valence-electron chi connectivity index (χ2n) is 4.97. The van der Waals surface area contributed by atoms with Gasteiger partial charge in [-0.25, -0.2) is 0 Å². The van der Waals surface area contributed by atoms with Crippen molar-refractivity contribution in [2.24, 2.45) is 0 Å². The first-order chi connectivity index (χ1) is 9.67. The van der Waals surface area contributed by atoms with Gasteiger partial charge in [-0.3, -0.25) is 4.68 Å². The van der Waals surface area contributed by atoms with Crippen molar-refractivity contribution in [3.63, 3.8) is 0 Å². The van der Waals surface area contributed by atoms with Crippen LogP contribution in [-0.2, 0) is 6.54 Å². The molecular weight excluding hydrogens is 270 g/mol. The molecule has 0 saturated heterocycles. The van der Waals surface area contributed by atoms with Gasteiger partial charge in [-0.15, -0.1) is 0 Å². The number of benzene rings is 1. The van der Waals surface area contributed by atoms with Gasteiger partial charge in [0.05, 0.1) is 11.7 Å². The first-order valence-electron chi connectivity index (χ1n) is 7.18. The Kier molecular flexibility index (Phi) is 5.21. The molecule has 0 spiro atoms. The van der Waals surface area contributed by atoms with Crippen molar-refractivity contribution in [3.05, 3.63) is 52.3 Å². The van der Waals surface area contributed by atoms with Crippen molar-refractivity contribution >= 4 is 11.6 Å². The Hall–Kier alpha value is -1.32. The van der Waals surface area contributed by atoms with E-state index in [-0.39, 0.29) is 6.04 Å². The number of nitrogens with one attached hydrogen (secondary N) is 1. The predicted octanol–water partition coefficient (Wildman–Crippen LogP) is 3.95. The van der Waals surface area contributed by atoms with E-state index < -0.39 is 0 Å². The van der Waals surface area contributed by atoms with Gasteiger partial charge in [0.2, 0.25) is 0 Å². The third-order valence-electron chi connectivity index (χ3n) is 3.47. The lowest BCUT2D eigenvalue weighted by atomic mass is 10.0. The summed E-state index contributed by atoms with van der Waals surface area (Å²) in [5.41, 5.74) is 3.47. The molecule has 0 aliphatic carbocycles. The zero-order chi connectivity index (χ0) is 14.5. The molecule has 20 heavy (non-hydrogen) atoms. The molecule has 2 aromatic rings. The molecule has 0 fully saturated rings. The van der Waals surface area contributed by atoms with Crippen molar-refractivity contribution in [1.82, 2.24) is 15.1 Å². The number of aryl methyl sites for hydroxylation is 2. The fourth-order valence-electron chi connectivity index (χ4n) is 2.32. The molecule has 0 aliphatic rings. The maximum atomic E-state index is 6.28. The summed E-state index contributed by atoms with van der Waals surface area (Å²) >= 11 is 6.28. The summed E-state index contributed by atoms with van der Waals surface area (Å²) in [5, 5.41) is 8.78. The highest BCUT2D eigenvalue weighted by molar-refractivity contribution is 6.31. The van der Waals surface area contributed by atoms with E-state index in [0.29, 0.717) is 0 Å². The number of hydrogen-bond donors (Lipinski definition) is 1. The summed E-state index contributed by atoms with van der Waals surface area (Å²) in [6, 6.07) is 8.48. The van der Waals surface area contributed by atoms with Crippen LogP contribution >= 0.6 is 11.6 Å². The first-order valence-corrected chi connectivity index (χ1v) is 7.56. The van der Waals surface area contributed by atoms with Crippen LogP contribution in [0.15, 0.2) is 30.5 Å². The van der Waals surface area contributed by atoms with Gasteiger partial charge in [-0.2, -0.15) is 5.10 Å². The summed E-state index contributed by atoms with van der Waals surface area (Å²) in [7, 11) is 0. The molecule has 1 N–H and O–H groups in total.